The zero-order chi connectivity index (χ0) is 25.7. The minimum Gasteiger partial charge on any atom is -0.491 e. The minimum absolute atomic E-state index is 0.323. The van der Waals surface area contributed by atoms with Crippen molar-refractivity contribution in [3.05, 3.63) is 77.8 Å². The molecule has 2 aliphatic rings. The van der Waals surface area contributed by atoms with Gasteiger partial charge >= 0.3 is 6.09 Å². The molecule has 1 amide bonds. The van der Waals surface area contributed by atoms with E-state index in [0.717, 1.165) is 33.8 Å². The molecule has 7 nitrogen and oxygen atoms in total. The Labute approximate surface area is 218 Å². The van der Waals surface area contributed by atoms with E-state index in [-0.39, 0.29) is 6.09 Å². The van der Waals surface area contributed by atoms with Crippen LogP contribution in [0.5, 0.6) is 5.75 Å². The number of para-hydroxylation sites is 1. The second kappa shape index (κ2) is 11.1. The van der Waals surface area contributed by atoms with Crippen molar-refractivity contribution in [2.45, 2.75) is 45.8 Å². The Morgan fingerprint density at radius 3 is 2.64 bits per heavy atom. The topological polar surface area (TPSA) is 75.7 Å². The van der Waals surface area contributed by atoms with Crippen molar-refractivity contribution in [3.8, 4) is 5.75 Å². The van der Waals surface area contributed by atoms with Gasteiger partial charge in [0.1, 0.15) is 16.3 Å². The van der Waals surface area contributed by atoms with E-state index in [0.29, 0.717) is 37.1 Å². The maximum atomic E-state index is 12.9. The first-order valence-corrected chi connectivity index (χ1v) is 12.7. The Morgan fingerprint density at radius 2 is 1.94 bits per heavy atom. The van der Waals surface area contributed by atoms with E-state index < -0.39 is 5.60 Å². The van der Waals surface area contributed by atoms with Crippen LogP contribution >= 0.6 is 12.2 Å². The number of nitrogens with zero attached hydrogens (tertiary/aromatic N) is 2. The normalized spacial score (nSPS) is 16.0. The third kappa shape index (κ3) is 7.07. The number of pyridine rings is 1. The number of hydrogen-bond donors (Lipinski definition) is 2. The van der Waals surface area contributed by atoms with Crippen molar-refractivity contribution >= 4 is 29.0 Å². The van der Waals surface area contributed by atoms with E-state index in [4.69, 9.17) is 21.7 Å². The van der Waals surface area contributed by atoms with Gasteiger partial charge in [0.05, 0.1) is 19.3 Å². The fraction of sp³-hybridized carbons (Fsp3) is 0.393. The van der Waals surface area contributed by atoms with Gasteiger partial charge in [0, 0.05) is 41.8 Å². The van der Waals surface area contributed by atoms with E-state index in [1.54, 1.807) is 17.3 Å². The van der Waals surface area contributed by atoms with Gasteiger partial charge < -0.3 is 20.1 Å². The number of thiocarbonyl (C=S) groups is 1. The highest BCUT2D eigenvalue weighted by Crippen LogP contribution is 2.30. The summed E-state index contributed by atoms with van der Waals surface area (Å²) >= 11 is 5.80. The minimum atomic E-state index is -0.592. The molecule has 1 aliphatic heterocycles. The average Bonchev–Trinajstić information content (AvgIpc) is 3.65. The van der Waals surface area contributed by atoms with Crippen LogP contribution in [0, 0.1) is 5.92 Å². The number of benzene rings is 1. The maximum Gasteiger partial charge on any atom is 0.410 e. The lowest BCUT2D eigenvalue weighted by Crippen LogP contribution is -2.45. The summed E-state index contributed by atoms with van der Waals surface area (Å²) in [4.78, 5) is 19.3. The van der Waals surface area contributed by atoms with Crippen LogP contribution in [0.15, 0.2) is 72.2 Å². The molecule has 0 atom stereocenters. The predicted molar refractivity (Wildman–Crippen MR) is 146 cm³/mol. The van der Waals surface area contributed by atoms with Crippen LogP contribution in [0.2, 0.25) is 0 Å². The van der Waals surface area contributed by atoms with Crippen molar-refractivity contribution in [2.24, 2.45) is 5.92 Å². The van der Waals surface area contributed by atoms with E-state index in [1.807, 2.05) is 57.2 Å². The second-order valence-corrected chi connectivity index (χ2v) is 10.6. The maximum absolute atomic E-state index is 12.9. The molecule has 2 N–H and O–H groups in total. The summed E-state index contributed by atoms with van der Waals surface area (Å²) < 4.78 is 11.7. The zero-order valence-electron chi connectivity index (χ0n) is 21.2. The molecule has 0 saturated heterocycles. The summed E-state index contributed by atoms with van der Waals surface area (Å²) in [6.45, 7) is 11.7. The molecule has 1 aromatic heterocycles. The fourth-order valence-electron chi connectivity index (χ4n) is 3.84. The molecule has 1 aromatic carbocycles. The molecule has 1 fully saturated rings. The Morgan fingerprint density at radius 1 is 1.19 bits per heavy atom. The molecule has 1 aliphatic carbocycles. The molecule has 4 rings (SSSR count). The van der Waals surface area contributed by atoms with Crippen LogP contribution in [0.1, 0.15) is 39.2 Å². The van der Waals surface area contributed by atoms with Gasteiger partial charge in [0.15, 0.2) is 0 Å². The van der Waals surface area contributed by atoms with Crippen molar-refractivity contribution in [1.29, 1.82) is 0 Å². The highest BCUT2D eigenvalue weighted by Gasteiger charge is 2.30. The highest BCUT2D eigenvalue weighted by atomic mass is 32.1. The quantitative estimate of drug-likeness (QED) is 0.461. The van der Waals surface area contributed by atoms with Gasteiger partial charge in [-0.1, -0.05) is 37.0 Å². The van der Waals surface area contributed by atoms with Gasteiger partial charge in [-0.2, -0.15) is 0 Å². The van der Waals surface area contributed by atoms with Gasteiger partial charge in [0.25, 0.3) is 0 Å². The summed E-state index contributed by atoms with van der Waals surface area (Å²) in [5, 5.41) is 6.82. The predicted octanol–water partition coefficient (Wildman–Crippen LogP) is 5.46. The summed E-state index contributed by atoms with van der Waals surface area (Å²) in [7, 11) is 0. The van der Waals surface area contributed by atoms with E-state index in [9.17, 15) is 4.79 Å². The molecule has 1 saturated carbocycles. The summed E-state index contributed by atoms with van der Waals surface area (Å²) in [6, 6.07) is 11.7. The van der Waals surface area contributed by atoms with Crippen LogP contribution < -0.4 is 15.4 Å². The first kappa shape index (κ1) is 25.7. The average molecular weight is 507 g/mol. The van der Waals surface area contributed by atoms with E-state index in [1.165, 1.54) is 12.8 Å². The number of ether oxygens (including phenoxy) is 2. The van der Waals surface area contributed by atoms with Crippen LogP contribution in [0.3, 0.4) is 0 Å². The molecule has 2 heterocycles. The van der Waals surface area contributed by atoms with Gasteiger partial charge in [-0.3, -0.25) is 9.88 Å². The zero-order valence-corrected chi connectivity index (χ0v) is 22.0. The smallest absolute Gasteiger partial charge is 0.410 e. The molecule has 190 valence electrons. The first-order valence-electron chi connectivity index (χ1n) is 12.2. The lowest BCUT2D eigenvalue weighted by Gasteiger charge is -2.34. The molecule has 2 aromatic rings. The highest BCUT2D eigenvalue weighted by molar-refractivity contribution is 7.81. The summed E-state index contributed by atoms with van der Waals surface area (Å²) in [6.07, 6.45) is 5.56. The van der Waals surface area contributed by atoms with Crippen molar-refractivity contribution < 1.29 is 14.3 Å². The first-order chi connectivity index (χ1) is 17.2. The Kier molecular flexibility index (Phi) is 7.94. The van der Waals surface area contributed by atoms with Gasteiger partial charge in [-0.25, -0.2) is 4.79 Å². The number of carbonyl (C=O) groups is 1. The summed E-state index contributed by atoms with van der Waals surface area (Å²) in [5.41, 5.74) is 3.63. The molecule has 36 heavy (non-hydrogen) atoms. The number of aromatic nitrogens is 1. The number of carbonyl (C=O) groups excluding carboxylic acids is 1. The van der Waals surface area contributed by atoms with Gasteiger partial charge in [-0.15, -0.1) is 0 Å². The third-order valence-electron chi connectivity index (χ3n) is 5.83. The number of nitrogens with one attached hydrogen (secondary N) is 2. The largest absolute Gasteiger partial charge is 0.491 e. The molecular formula is C28H34N4O3S. The SMILES string of the molecule is C=C1CN(C(=O)OC(C)(C)C)CC(NCc2ccncc2OCC2CC2)=C1C(=S)Nc1ccccc1. The van der Waals surface area contributed by atoms with Crippen molar-refractivity contribution in [3.63, 3.8) is 0 Å². The molecule has 0 bridgehead atoms. The molecule has 8 heteroatoms. The fourth-order valence-corrected chi connectivity index (χ4v) is 4.23. The monoisotopic (exact) mass is 506 g/mol. The number of anilines is 1. The summed E-state index contributed by atoms with van der Waals surface area (Å²) in [5.74, 6) is 1.41. The van der Waals surface area contributed by atoms with Crippen molar-refractivity contribution in [1.82, 2.24) is 15.2 Å². The van der Waals surface area contributed by atoms with Gasteiger partial charge in [0.2, 0.25) is 0 Å². The lowest BCUT2D eigenvalue weighted by atomic mass is 9.99. The number of hydrogen-bond acceptors (Lipinski definition) is 6. The van der Waals surface area contributed by atoms with E-state index in [2.05, 4.69) is 22.2 Å². The lowest BCUT2D eigenvalue weighted by molar-refractivity contribution is 0.0276. The van der Waals surface area contributed by atoms with Crippen molar-refractivity contribution in [2.75, 3.05) is 25.0 Å². The Balaban J connectivity index is 1.56. The van der Waals surface area contributed by atoms with E-state index >= 15 is 0 Å². The Bertz CT molecular complexity index is 1150. The molecule has 0 spiro atoms. The van der Waals surface area contributed by atoms with Crippen LogP contribution in [-0.4, -0.2) is 46.3 Å². The molecule has 0 unspecified atom stereocenters. The standard InChI is InChI=1S/C28H34N4O3S/c1-19-16-32(27(33)35-28(2,3)4)17-23(25(19)26(36)31-22-8-6-5-7-9-22)30-14-21-12-13-29-15-24(21)34-18-20-10-11-20/h5-9,12-13,15,20,30H,1,10-11,14,16-18H2,2-4H3,(H,31,36). The van der Waals surface area contributed by atoms with Gasteiger partial charge in [-0.05, 0) is 63.3 Å². The molecule has 0 radical (unpaired) electrons. The molecular weight excluding hydrogens is 472 g/mol. The van der Waals surface area contributed by atoms with Crippen LogP contribution in [0.4, 0.5) is 10.5 Å². The third-order valence-corrected chi connectivity index (χ3v) is 6.14. The van der Waals surface area contributed by atoms with Crippen LogP contribution in [0.25, 0.3) is 0 Å². The number of amides is 1. The second-order valence-electron chi connectivity index (χ2n) is 10.2. The Hall–Kier alpha value is -3.39. The van der Waals surface area contributed by atoms with Crippen LogP contribution in [-0.2, 0) is 11.3 Å². The number of rotatable bonds is 8.